The molecule has 2 aromatic heterocycles. The van der Waals surface area contributed by atoms with E-state index in [0.717, 1.165) is 15.8 Å². The molecule has 1 unspecified atom stereocenters. The number of alkyl halides is 1. The third kappa shape index (κ3) is 2.81. The van der Waals surface area contributed by atoms with Gasteiger partial charge in [-0.2, -0.15) is 0 Å². The summed E-state index contributed by atoms with van der Waals surface area (Å²) in [5, 5.41) is 0. The van der Waals surface area contributed by atoms with Gasteiger partial charge in [0.15, 0.2) is 5.65 Å². The number of halogens is 2. The van der Waals surface area contributed by atoms with Gasteiger partial charge in [-0.05, 0) is 28.9 Å². The van der Waals surface area contributed by atoms with Gasteiger partial charge in [-0.15, -0.1) is 11.6 Å². The molecule has 0 bridgehead atoms. The van der Waals surface area contributed by atoms with E-state index < -0.39 is 0 Å². The van der Waals surface area contributed by atoms with Crippen molar-refractivity contribution in [1.29, 1.82) is 0 Å². The number of aromatic nitrogens is 3. The van der Waals surface area contributed by atoms with Crippen molar-refractivity contribution in [2.24, 2.45) is 0 Å². The molecule has 0 aliphatic heterocycles. The van der Waals surface area contributed by atoms with Crippen LogP contribution in [0.1, 0.15) is 18.8 Å². The van der Waals surface area contributed by atoms with Crippen LogP contribution in [0.5, 0.6) is 0 Å². The lowest BCUT2D eigenvalue weighted by molar-refractivity contribution is -0.131. The van der Waals surface area contributed by atoms with Gasteiger partial charge in [0.25, 0.3) is 0 Å². The molecule has 0 saturated carbocycles. The number of rotatable bonds is 4. The van der Waals surface area contributed by atoms with Crippen LogP contribution in [0, 0.1) is 0 Å². The zero-order chi connectivity index (χ0) is 14.9. The molecule has 0 fully saturated rings. The summed E-state index contributed by atoms with van der Waals surface area (Å²) in [7, 11) is 3.48. The highest BCUT2D eigenvalue weighted by molar-refractivity contribution is 9.10. The van der Waals surface area contributed by atoms with Gasteiger partial charge in [-0.1, -0.05) is 0 Å². The molecule has 0 saturated heterocycles. The molecule has 0 radical (unpaired) electrons. The van der Waals surface area contributed by atoms with Gasteiger partial charge in [-0.25, -0.2) is 9.97 Å². The van der Waals surface area contributed by atoms with Crippen molar-refractivity contribution in [2.75, 3.05) is 20.0 Å². The SMILES string of the molecule is CC(C(=O)N(C)C)n1c(CCCl)nc2cc(Br)cnc21. The number of pyridine rings is 1. The lowest BCUT2D eigenvalue weighted by Crippen LogP contribution is -2.30. The zero-order valence-corrected chi connectivity index (χ0v) is 13.9. The average molecular weight is 360 g/mol. The Balaban J connectivity index is 2.59. The van der Waals surface area contributed by atoms with Gasteiger partial charge in [-0.3, -0.25) is 4.79 Å². The Bertz CT molecular complexity index is 641. The van der Waals surface area contributed by atoms with Crippen LogP contribution < -0.4 is 0 Å². The van der Waals surface area contributed by atoms with E-state index in [0.29, 0.717) is 17.9 Å². The summed E-state index contributed by atoms with van der Waals surface area (Å²) >= 11 is 9.22. The Labute approximate surface area is 131 Å². The van der Waals surface area contributed by atoms with Crippen molar-refractivity contribution in [3.8, 4) is 0 Å². The summed E-state index contributed by atoms with van der Waals surface area (Å²) < 4.78 is 2.73. The van der Waals surface area contributed by atoms with Gasteiger partial charge >= 0.3 is 0 Å². The largest absolute Gasteiger partial charge is 0.347 e. The molecule has 2 aromatic rings. The quantitative estimate of drug-likeness (QED) is 0.789. The Kier molecular flexibility index (Phi) is 4.65. The normalized spacial score (nSPS) is 12.7. The summed E-state index contributed by atoms with van der Waals surface area (Å²) in [6.45, 7) is 1.85. The number of fused-ring (bicyclic) bond motifs is 1. The van der Waals surface area contributed by atoms with Crippen LogP contribution in [0.3, 0.4) is 0 Å². The molecule has 20 heavy (non-hydrogen) atoms. The molecule has 0 aliphatic rings. The Morgan fingerprint density at radius 3 is 2.85 bits per heavy atom. The number of amides is 1. The minimum absolute atomic E-state index is 0.00448. The van der Waals surface area contributed by atoms with Crippen molar-refractivity contribution < 1.29 is 4.79 Å². The number of nitrogens with zero attached hydrogens (tertiary/aromatic N) is 4. The molecule has 1 amide bonds. The highest BCUT2D eigenvalue weighted by Gasteiger charge is 2.23. The minimum Gasteiger partial charge on any atom is -0.347 e. The second kappa shape index (κ2) is 6.10. The van der Waals surface area contributed by atoms with Crippen molar-refractivity contribution in [1.82, 2.24) is 19.4 Å². The Morgan fingerprint density at radius 1 is 1.55 bits per heavy atom. The van der Waals surface area contributed by atoms with E-state index in [9.17, 15) is 4.79 Å². The summed E-state index contributed by atoms with van der Waals surface area (Å²) in [6, 6.07) is 1.53. The molecule has 108 valence electrons. The summed E-state index contributed by atoms with van der Waals surface area (Å²) in [5.74, 6) is 1.24. The Morgan fingerprint density at radius 2 is 2.25 bits per heavy atom. The van der Waals surface area contributed by atoms with Crippen molar-refractivity contribution in [3.05, 3.63) is 22.6 Å². The fraction of sp³-hybridized carbons (Fsp3) is 0.462. The van der Waals surface area contributed by atoms with Crippen molar-refractivity contribution in [2.45, 2.75) is 19.4 Å². The topological polar surface area (TPSA) is 51.0 Å². The van der Waals surface area contributed by atoms with Crippen LogP contribution in [0.4, 0.5) is 0 Å². The van der Waals surface area contributed by atoms with Gasteiger partial charge in [0.1, 0.15) is 17.4 Å². The first-order valence-electron chi connectivity index (χ1n) is 6.25. The first-order chi connectivity index (χ1) is 9.45. The highest BCUT2D eigenvalue weighted by atomic mass is 79.9. The predicted octanol–water partition coefficient (Wildman–Crippen LogP) is 2.62. The lowest BCUT2D eigenvalue weighted by atomic mass is 10.2. The molecule has 7 heteroatoms. The third-order valence-corrected chi connectivity index (χ3v) is 3.70. The number of carbonyl (C=O) groups is 1. The van der Waals surface area contributed by atoms with E-state index in [2.05, 4.69) is 25.9 Å². The number of aryl methyl sites for hydroxylation is 1. The highest BCUT2D eigenvalue weighted by Crippen LogP contribution is 2.23. The predicted molar refractivity (Wildman–Crippen MR) is 83.1 cm³/mol. The third-order valence-electron chi connectivity index (χ3n) is 3.07. The van der Waals surface area contributed by atoms with Gasteiger partial charge < -0.3 is 9.47 Å². The number of imidazole rings is 1. The van der Waals surface area contributed by atoms with Crippen LogP contribution in [0.25, 0.3) is 11.2 Å². The maximum Gasteiger partial charge on any atom is 0.244 e. The van der Waals surface area contributed by atoms with Crippen LogP contribution in [0.2, 0.25) is 0 Å². The number of hydrogen-bond acceptors (Lipinski definition) is 3. The first-order valence-corrected chi connectivity index (χ1v) is 7.58. The van der Waals surface area contributed by atoms with E-state index in [1.807, 2.05) is 17.6 Å². The minimum atomic E-state index is -0.359. The lowest BCUT2D eigenvalue weighted by Gasteiger charge is -2.20. The van der Waals surface area contributed by atoms with Crippen LogP contribution in [-0.2, 0) is 11.2 Å². The van der Waals surface area contributed by atoms with E-state index in [4.69, 9.17) is 11.6 Å². The maximum atomic E-state index is 12.2. The van der Waals surface area contributed by atoms with Gasteiger partial charge in [0.05, 0.1) is 0 Å². The number of hydrogen-bond donors (Lipinski definition) is 0. The van der Waals surface area contributed by atoms with Crippen LogP contribution in [0.15, 0.2) is 16.7 Å². The summed E-state index contributed by atoms with van der Waals surface area (Å²) in [6.07, 6.45) is 2.30. The molecule has 2 heterocycles. The molecule has 0 aromatic carbocycles. The smallest absolute Gasteiger partial charge is 0.244 e. The molecule has 5 nitrogen and oxygen atoms in total. The van der Waals surface area contributed by atoms with Crippen molar-refractivity contribution >= 4 is 44.6 Å². The standard InChI is InChI=1S/C13H16BrClN4O/c1-8(13(20)18(2)3)19-11(4-5-15)17-10-6-9(14)7-16-12(10)19/h6-8H,4-5H2,1-3H3. The molecule has 2 rings (SSSR count). The van der Waals surface area contributed by atoms with Crippen molar-refractivity contribution in [3.63, 3.8) is 0 Å². The molecule has 0 aliphatic carbocycles. The molecule has 0 N–H and O–H groups in total. The molecular formula is C13H16BrClN4O. The van der Waals surface area contributed by atoms with Gasteiger partial charge in [0.2, 0.25) is 5.91 Å². The summed E-state index contributed by atoms with van der Waals surface area (Å²) in [5.41, 5.74) is 1.47. The van der Waals surface area contributed by atoms with E-state index >= 15 is 0 Å². The van der Waals surface area contributed by atoms with E-state index in [1.54, 1.807) is 25.2 Å². The van der Waals surface area contributed by atoms with Crippen LogP contribution in [-0.4, -0.2) is 45.3 Å². The first kappa shape index (κ1) is 15.3. The van der Waals surface area contributed by atoms with Crippen LogP contribution >= 0.6 is 27.5 Å². The monoisotopic (exact) mass is 358 g/mol. The second-order valence-electron chi connectivity index (χ2n) is 4.74. The number of carbonyl (C=O) groups excluding carboxylic acids is 1. The zero-order valence-electron chi connectivity index (χ0n) is 11.6. The van der Waals surface area contributed by atoms with Gasteiger partial charge in [0, 0.05) is 37.1 Å². The maximum absolute atomic E-state index is 12.2. The average Bonchev–Trinajstić information content (AvgIpc) is 2.74. The fourth-order valence-electron chi connectivity index (χ4n) is 2.16. The van der Waals surface area contributed by atoms with E-state index in [1.165, 1.54) is 0 Å². The summed E-state index contributed by atoms with van der Waals surface area (Å²) in [4.78, 5) is 22.7. The second-order valence-corrected chi connectivity index (χ2v) is 6.04. The molecule has 0 spiro atoms. The number of likely N-dealkylation sites (N-methyl/N-ethyl adjacent to an activating group) is 1. The molecule has 1 atom stereocenters. The molecular weight excluding hydrogens is 344 g/mol. The van der Waals surface area contributed by atoms with E-state index in [-0.39, 0.29) is 11.9 Å². The Hall–Kier alpha value is -1.14. The fourth-order valence-corrected chi connectivity index (χ4v) is 2.64.